The van der Waals surface area contributed by atoms with Gasteiger partial charge in [-0.1, -0.05) is 19.8 Å². The lowest BCUT2D eigenvalue weighted by molar-refractivity contribution is 0.0688. The number of aromatic nitrogens is 2. The highest BCUT2D eigenvalue weighted by Gasteiger charge is 2.27. The van der Waals surface area contributed by atoms with Gasteiger partial charge in [0.1, 0.15) is 0 Å². The fourth-order valence-electron chi connectivity index (χ4n) is 2.82. The third-order valence-corrected chi connectivity index (χ3v) is 3.88. The Balaban J connectivity index is 2.24. The zero-order valence-electron chi connectivity index (χ0n) is 11.9. The first-order valence-electron chi connectivity index (χ1n) is 7.21. The van der Waals surface area contributed by atoms with Crippen molar-refractivity contribution in [1.29, 1.82) is 0 Å². The molecular weight excluding hydrogens is 240 g/mol. The molecule has 1 amide bonds. The number of hydrogen-bond acceptors (Lipinski definition) is 3. The van der Waals surface area contributed by atoms with E-state index in [-0.39, 0.29) is 11.9 Å². The Hall–Kier alpha value is -1.36. The molecule has 1 saturated heterocycles. The highest BCUT2D eigenvalue weighted by Crippen LogP contribution is 2.20. The summed E-state index contributed by atoms with van der Waals surface area (Å²) in [5.74, 6) is 0.0994. The molecule has 1 fully saturated rings. The van der Waals surface area contributed by atoms with Crippen LogP contribution in [0.1, 0.15) is 48.7 Å². The van der Waals surface area contributed by atoms with Gasteiger partial charge >= 0.3 is 0 Å². The quantitative estimate of drug-likeness (QED) is 0.895. The zero-order valence-corrected chi connectivity index (χ0v) is 11.9. The van der Waals surface area contributed by atoms with Crippen molar-refractivity contribution in [2.45, 2.75) is 45.1 Å². The summed E-state index contributed by atoms with van der Waals surface area (Å²) in [6.45, 7) is 3.40. The fraction of sp³-hybridized carbons (Fsp3) is 0.714. The molecular formula is C14H24N4O. The molecule has 106 valence electrons. The predicted octanol–water partition coefficient (Wildman–Crippen LogP) is 1.33. The minimum Gasteiger partial charge on any atom is -0.334 e. The number of carbonyl (C=O) groups excluding carboxylic acids is 1. The maximum atomic E-state index is 12.7. The van der Waals surface area contributed by atoms with Crippen LogP contribution in [0.25, 0.3) is 0 Å². The number of amides is 1. The first-order valence-corrected chi connectivity index (χ1v) is 7.21. The van der Waals surface area contributed by atoms with Gasteiger partial charge in [0.15, 0.2) is 0 Å². The number of nitrogens with zero attached hydrogens (tertiary/aromatic N) is 3. The summed E-state index contributed by atoms with van der Waals surface area (Å²) >= 11 is 0. The number of nitrogens with two attached hydrogens (primary N) is 1. The van der Waals surface area contributed by atoms with Gasteiger partial charge in [-0.2, -0.15) is 5.10 Å². The van der Waals surface area contributed by atoms with Crippen molar-refractivity contribution in [2.75, 3.05) is 13.1 Å². The number of aryl methyl sites for hydroxylation is 2. The van der Waals surface area contributed by atoms with Gasteiger partial charge in [-0.15, -0.1) is 0 Å². The van der Waals surface area contributed by atoms with Crippen LogP contribution >= 0.6 is 0 Å². The van der Waals surface area contributed by atoms with Crippen molar-refractivity contribution in [1.82, 2.24) is 14.7 Å². The fourth-order valence-corrected chi connectivity index (χ4v) is 2.82. The van der Waals surface area contributed by atoms with Crippen LogP contribution in [0.15, 0.2) is 6.20 Å². The number of hydrogen-bond donors (Lipinski definition) is 1. The Morgan fingerprint density at radius 3 is 2.95 bits per heavy atom. The number of rotatable bonds is 3. The van der Waals surface area contributed by atoms with Crippen LogP contribution in [0.2, 0.25) is 0 Å². The zero-order chi connectivity index (χ0) is 13.8. The van der Waals surface area contributed by atoms with Crippen LogP contribution in [0, 0.1) is 0 Å². The monoisotopic (exact) mass is 264 g/mol. The highest BCUT2D eigenvalue weighted by atomic mass is 16.2. The lowest BCUT2D eigenvalue weighted by atomic mass is 10.1. The highest BCUT2D eigenvalue weighted by molar-refractivity contribution is 5.95. The lowest BCUT2D eigenvalue weighted by Gasteiger charge is -2.29. The summed E-state index contributed by atoms with van der Waals surface area (Å²) in [7, 11) is 1.86. The molecule has 1 aliphatic rings. The van der Waals surface area contributed by atoms with Crippen molar-refractivity contribution in [3.8, 4) is 0 Å². The lowest BCUT2D eigenvalue weighted by Crippen LogP contribution is -2.44. The standard InChI is InChI=1S/C14H24N4O/c1-3-13-12(10-17(2)16-13)14(19)18-8-6-4-5-7-11(18)9-15/h10-11H,3-9,15H2,1-2H3. The van der Waals surface area contributed by atoms with Crippen molar-refractivity contribution in [2.24, 2.45) is 12.8 Å². The minimum atomic E-state index is 0.0994. The first-order chi connectivity index (χ1) is 9.17. The maximum absolute atomic E-state index is 12.7. The molecule has 1 aliphatic heterocycles. The van der Waals surface area contributed by atoms with Gasteiger partial charge in [-0.05, 0) is 19.3 Å². The molecule has 2 N–H and O–H groups in total. The average Bonchev–Trinajstić information content (AvgIpc) is 2.64. The predicted molar refractivity (Wildman–Crippen MR) is 74.9 cm³/mol. The van der Waals surface area contributed by atoms with E-state index < -0.39 is 0 Å². The van der Waals surface area contributed by atoms with Gasteiger partial charge in [0.25, 0.3) is 5.91 Å². The van der Waals surface area contributed by atoms with E-state index in [1.165, 1.54) is 12.8 Å². The Labute approximate surface area is 114 Å². The molecule has 1 atom stereocenters. The van der Waals surface area contributed by atoms with Gasteiger partial charge in [0.05, 0.1) is 11.3 Å². The second-order valence-corrected chi connectivity index (χ2v) is 5.25. The summed E-state index contributed by atoms with van der Waals surface area (Å²) in [5.41, 5.74) is 7.46. The van der Waals surface area contributed by atoms with Crippen molar-refractivity contribution in [3.05, 3.63) is 17.5 Å². The van der Waals surface area contributed by atoms with Gasteiger partial charge in [0.2, 0.25) is 0 Å². The summed E-state index contributed by atoms with van der Waals surface area (Å²) in [6.07, 6.45) is 7.06. The summed E-state index contributed by atoms with van der Waals surface area (Å²) in [6, 6.07) is 0.180. The largest absolute Gasteiger partial charge is 0.334 e. The smallest absolute Gasteiger partial charge is 0.257 e. The van der Waals surface area contributed by atoms with Crippen LogP contribution < -0.4 is 5.73 Å². The average molecular weight is 264 g/mol. The normalized spacial score (nSPS) is 20.4. The van der Waals surface area contributed by atoms with Crippen molar-refractivity contribution < 1.29 is 4.79 Å². The van der Waals surface area contributed by atoms with E-state index in [2.05, 4.69) is 5.10 Å². The molecule has 1 aromatic heterocycles. The van der Waals surface area contributed by atoms with Gasteiger partial charge in [-0.3, -0.25) is 9.48 Å². The molecule has 0 aliphatic carbocycles. The van der Waals surface area contributed by atoms with E-state index >= 15 is 0 Å². The molecule has 0 saturated carbocycles. The molecule has 5 nitrogen and oxygen atoms in total. The van der Waals surface area contributed by atoms with Crippen LogP contribution in [0.4, 0.5) is 0 Å². The Morgan fingerprint density at radius 1 is 1.47 bits per heavy atom. The van der Waals surface area contributed by atoms with Crippen molar-refractivity contribution >= 4 is 5.91 Å². The molecule has 0 spiro atoms. The van der Waals surface area contributed by atoms with E-state index in [4.69, 9.17) is 5.73 Å². The molecule has 19 heavy (non-hydrogen) atoms. The van der Waals surface area contributed by atoms with Gasteiger partial charge in [0, 0.05) is 32.4 Å². The molecule has 0 aromatic carbocycles. The SMILES string of the molecule is CCc1nn(C)cc1C(=O)N1CCCCCC1CN. The van der Waals surface area contributed by atoms with E-state index in [1.807, 2.05) is 25.1 Å². The molecule has 2 rings (SSSR count). The summed E-state index contributed by atoms with van der Waals surface area (Å²) < 4.78 is 1.72. The summed E-state index contributed by atoms with van der Waals surface area (Å²) in [4.78, 5) is 14.7. The third kappa shape index (κ3) is 2.97. The van der Waals surface area contributed by atoms with Crippen LogP contribution in [0.5, 0.6) is 0 Å². The molecule has 0 radical (unpaired) electrons. The van der Waals surface area contributed by atoms with Gasteiger partial charge < -0.3 is 10.6 Å². The van der Waals surface area contributed by atoms with Gasteiger partial charge in [-0.25, -0.2) is 0 Å². The molecule has 0 bridgehead atoms. The Bertz CT molecular complexity index is 441. The Kier molecular flexibility index (Phi) is 4.58. The topological polar surface area (TPSA) is 64.2 Å². The van der Waals surface area contributed by atoms with E-state index in [0.29, 0.717) is 6.54 Å². The maximum Gasteiger partial charge on any atom is 0.257 e. The third-order valence-electron chi connectivity index (χ3n) is 3.88. The number of carbonyl (C=O) groups is 1. The van der Waals surface area contributed by atoms with Crippen LogP contribution in [0.3, 0.4) is 0 Å². The first kappa shape index (κ1) is 14.1. The van der Waals surface area contributed by atoms with Crippen molar-refractivity contribution in [3.63, 3.8) is 0 Å². The molecule has 1 unspecified atom stereocenters. The molecule has 2 heterocycles. The van der Waals surface area contributed by atoms with Crippen LogP contribution in [-0.2, 0) is 13.5 Å². The second kappa shape index (κ2) is 6.19. The second-order valence-electron chi connectivity index (χ2n) is 5.25. The number of likely N-dealkylation sites (tertiary alicyclic amines) is 1. The molecule has 1 aromatic rings. The van der Waals surface area contributed by atoms with E-state index in [1.54, 1.807) is 4.68 Å². The minimum absolute atomic E-state index is 0.0994. The van der Waals surface area contributed by atoms with Crippen LogP contribution in [-0.4, -0.2) is 39.7 Å². The molecule has 5 heteroatoms. The van der Waals surface area contributed by atoms with E-state index in [9.17, 15) is 4.79 Å². The van der Waals surface area contributed by atoms with E-state index in [0.717, 1.165) is 37.1 Å². The Morgan fingerprint density at radius 2 is 2.26 bits per heavy atom. The summed E-state index contributed by atoms with van der Waals surface area (Å²) in [5, 5.41) is 4.36.